The maximum Gasteiger partial charge on any atom is 0.242 e. The van der Waals surface area contributed by atoms with E-state index in [1.54, 1.807) is 25.6 Å². The molecule has 0 radical (unpaired) electrons. The zero-order valence-electron chi connectivity index (χ0n) is 21.5. The van der Waals surface area contributed by atoms with Crippen molar-refractivity contribution in [2.75, 3.05) is 56.9 Å². The van der Waals surface area contributed by atoms with Crippen molar-refractivity contribution in [1.29, 1.82) is 0 Å². The summed E-state index contributed by atoms with van der Waals surface area (Å²) in [5.74, 6) is 0.837. The smallest absolute Gasteiger partial charge is 0.242 e. The number of piperazine rings is 1. The predicted molar refractivity (Wildman–Crippen MR) is 146 cm³/mol. The second-order valence-corrected chi connectivity index (χ2v) is 9.55. The summed E-state index contributed by atoms with van der Waals surface area (Å²) in [5.41, 5.74) is 3.94. The summed E-state index contributed by atoms with van der Waals surface area (Å²) in [4.78, 5) is 42.9. The molecule has 11 nitrogen and oxygen atoms in total. The Labute approximate surface area is 222 Å². The highest BCUT2D eigenvalue weighted by Crippen LogP contribution is 2.23. The van der Waals surface area contributed by atoms with Gasteiger partial charge in [0.2, 0.25) is 17.8 Å². The molecule has 1 unspecified atom stereocenters. The first-order chi connectivity index (χ1) is 18.6. The van der Waals surface area contributed by atoms with Crippen molar-refractivity contribution in [3.8, 4) is 11.1 Å². The van der Waals surface area contributed by atoms with Crippen LogP contribution < -0.4 is 21.3 Å². The maximum absolute atomic E-state index is 12.6. The van der Waals surface area contributed by atoms with Crippen molar-refractivity contribution in [3.05, 3.63) is 60.6 Å². The molecule has 1 atom stereocenters. The van der Waals surface area contributed by atoms with E-state index >= 15 is 0 Å². The van der Waals surface area contributed by atoms with Gasteiger partial charge in [-0.2, -0.15) is 0 Å². The lowest BCUT2D eigenvalue weighted by Crippen LogP contribution is -2.49. The summed E-state index contributed by atoms with van der Waals surface area (Å²) >= 11 is 0. The summed E-state index contributed by atoms with van der Waals surface area (Å²) < 4.78 is 0. The van der Waals surface area contributed by atoms with Crippen LogP contribution in [0.2, 0.25) is 0 Å². The number of anilines is 3. The number of carbonyl (C=O) groups is 2. The lowest BCUT2D eigenvalue weighted by molar-refractivity contribution is -0.124. The van der Waals surface area contributed by atoms with Gasteiger partial charge < -0.3 is 21.3 Å². The molecule has 3 aromatic rings. The summed E-state index contributed by atoms with van der Waals surface area (Å²) in [6, 6.07) is 11.7. The molecule has 1 fully saturated rings. The number of nitrogens with one attached hydrogen (secondary N) is 4. The third kappa shape index (κ3) is 6.61. The molecule has 2 aromatic heterocycles. The van der Waals surface area contributed by atoms with Gasteiger partial charge in [-0.3, -0.25) is 19.4 Å². The Bertz CT molecular complexity index is 1260. The van der Waals surface area contributed by atoms with Crippen LogP contribution in [0, 0.1) is 0 Å². The molecular weight excluding hydrogens is 482 g/mol. The van der Waals surface area contributed by atoms with Crippen molar-refractivity contribution < 1.29 is 9.59 Å². The Kier molecular flexibility index (Phi) is 8.05. The number of amides is 2. The highest BCUT2D eigenvalue weighted by Gasteiger charge is 2.21. The highest BCUT2D eigenvalue weighted by atomic mass is 16.2. The molecule has 11 heteroatoms. The lowest BCUT2D eigenvalue weighted by atomic mass is 10.1. The van der Waals surface area contributed by atoms with Crippen molar-refractivity contribution >= 4 is 29.3 Å². The Balaban J connectivity index is 1.39. The zero-order valence-corrected chi connectivity index (χ0v) is 21.5. The summed E-state index contributed by atoms with van der Waals surface area (Å²) in [5, 5.41) is 12.1. The molecule has 1 aromatic carbocycles. The molecule has 0 aliphatic carbocycles. The van der Waals surface area contributed by atoms with Crippen LogP contribution in [0.4, 0.5) is 17.5 Å². The third-order valence-electron chi connectivity index (χ3n) is 6.80. The molecular formula is C27H33N9O2. The van der Waals surface area contributed by atoms with E-state index in [1.165, 1.54) is 5.56 Å². The van der Waals surface area contributed by atoms with E-state index in [2.05, 4.69) is 64.2 Å². The van der Waals surface area contributed by atoms with Crippen LogP contribution in [0.5, 0.6) is 0 Å². The van der Waals surface area contributed by atoms with Crippen molar-refractivity contribution in [2.45, 2.75) is 19.0 Å². The second-order valence-electron chi connectivity index (χ2n) is 9.55. The largest absolute Gasteiger partial charge is 0.357 e. The molecule has 0 spiro atoms. The van der Waals surface area contributed by atoms with Gasteiger partial charge in [0.25, 0.3) is 0 Å². The molecule has 1 saturated heterocycles. The van der Waals surface area contributed by atoms with Gasteiger partial charge in [-0.15, -0.1) is 0 Å². The van der Waals surface area contributed by atoms with Gasteiger partial charge in [-0.25, -0.2) is 15.0 Å². The Morgan fingerprint density at radius 2 is 1.74 bits per heavy atom. The second kappa shape index (κ2) is 12.0. The van der Waals surface area contributed by atoms with Crippen molar-refractivity contribution in [2.24, 2.45) is 0 Å². The minimum absolute atomic E-state index is 0.0396. The van der Waals surface area contributed by atoms with Gasteiger partial charge in [0, 0.05) is 76.2 Å². The lowest BCUT2D eigenvalue weighted by Gasteiger charge is -2.34. The topological polar surface area (TPSA) is 127 Å². The van der Waals surface area contributed by atoms with E-state index in [4.69, 9.17) is 0 Å². The number of hydrogen-bond donors (Lipinski definition) is 4. The molecule has 7 heterocycles. The molecule has 198 valence electrons. The number of benzene rings is 1. The Morgan fingerprint density at radius 3 is 2.50 bits per heavy atom. The van der Waals surface area contributed by atoms with Crippen LogP contribution in [0.3, 0.4) is 0 Å². The number of hydrogen-bond acceptors (Lipinski definition) is 9. The molecule has 2 amide bonds. The molecule has 5 aliphatic heterocycles. The van der Waals surface area contributed by atoms with E-state index in [0.717, 1.165) is 55.4 Å². The maximum atomic E-state index is 12.6. The SMILES string of the molecule is CNC(=O)C1CCNC(=O)CN2CCN(CC2)Cc2cccc(c2)Nc2cc(ccn2)-c2cnc(nc2)N1. The monoisotopic (exact) mass is 515 g/mol. The number of carbonyl (C=O) groups excluding carboxylic acids is 2. The quantitative estimate of drug-likeness (QED) is 0.381. The van der Waals surface area contributed by atoms with Crippen LogP contribution in [-0.4, -0.2) is 88.9 Å². The van der Waals surface area contributed by atoms with Gasteiger partial charge >= 0.3 is 0 Å². The zero-order chi connectivity index (χ0) is 26.3. The molecule has 4 N–H and O–H groups in total. The van der Waals surface area contributed by atoms with Crippen LogP contribution in [0.1, 0.15) is 12.0 Å². The summed E-state index contributed by atoms with van der Waals surface area (Å²) in [6.07, 6.45) is 5.59. The van der Waals surface area contributed by atoms with Gasteiger partial charge in [0.15, 0.2) is 0 Å². The molecule has 38 heavy (non-hydrogen) atoms. The van der Waals surface area contributed by atoms with Crippen LogP contribution in [0.15, 0.2) is 55.0 Å². The number of likely N-dealkylation sites (N-methyl/N-ethyl adjacent to an activating group) is 1. The summed E-state index contributed by atoms with van der Waals surface area (Å²) in [7, 11) is 1.58. The molecule has 5 aliphatic rings. The van der Waals surface area contributed by atoms with E-state index in [-0.39, 0.29) is 11.8 Å². The first-order valence-electron chi connectivity index (χ1n) is 12.9. The normalized spacial score (nSPS) is 22.0. The van der Waals surface area contributed by atoms with E-state index < -0.39 is 6.04 Å². The average molecular weight is 516 g/mol. The van der Waals surface area contributed by atoms with Crippen molar-refractivity contribution in [3.63, 3.8) is 0 Å². The number of nitrogens with zero attached hydrogens (tertiary/aromatic N) is 5. The fourth-order valence-corrected chi connectivity index (χ4v) is 4.70. The first-order valence-corrected chi connectivity index (χ1v) is 12.9. The summed E-state index contributed by atoms with van der Waals surface area (Å²) in [6.45, 7) is 5.02. The fourth-order valence-electron chi connectivity index (χ4n) is 4.70. The van der Waals surface area contributed by atoms with Gasteiger partial charge in [0.1, 0.15) is 11.9 Å². The van der Waals surface area contributed by atoms with E-state index in [9.17, 15) is 9.59 Å². The minimum atomic E-state index is -0.581. The van der Waals surface area contributed by atoms with Gasteiger partial charge in [-0.05, 0) is 41.8 Å². The van der Waals surface area contributed by atoms with Crippen molar-refractivity contribution in [1.82, 2.24) is 35.4 Å². The number of aromatic nitrogens is 3. The van der Waals surface area contributed by atoms with Crippen LogP contribution >= 0.6 is 0 Å². The van der Waals surface area contributed by atoms with E-state index in [0.29, 0.717) is 25.5 Å². The Hall–Kier alpha value is -4.09. The first kappa shape index (κ1) is 25.6. The highest BCUT2D eigenvalue weighted by molar-refractivity contribution is 5.84. The standard InChI is InChI=1S/C27H33N9O2/c1-28-26(38)23-6-8-30-25(37)18-36-11-9-35(10-12-36)17-19-3-2-4-22(13-19)33-24-14-20(5-7-29-24)21-15-31-27(34-23)32-16-21/h2-5,7,13-16,23H,6,8-12,17-18H2,1H3,(H,28,38)(H,29,33)(H,30,37)(H,31,32,34). The fraction of sp³-hybridized carbons (Fsp3) is 0.370. The minimum Gasteiger partial charge on any atom is -0.357 e. The Morgan fingerprint density at radius 1 is 0.974 bits per heavy atom. The molecule has 8 rings (SSSR count). The van der Waals surface area contributed by atoms with Crippen LogP contribution in [0.25, 0.3) is 11.1 Å². The molecule has 8 bridgehead atoms. The molecule has 0 saturated carbocycles. The third-order valence-corrected chi connectivity index (χ3v) is 6.80. The van der Waals surface area contributed by atoms with Gasteiger partial charge in [0.05, 0.1) is 6.54 Å². The number of pyridine rings is 1. The predicted octanol–water partition coefficient (Wildman–Crippen LogP) is 1.45. The number of rotatable bonds is 1. The average Bonchev–Trinajstić information content (AvgIpc) is 2.93. The van der Waals surface area contributed by atoms with Gasteiger partial charge in [-0.1, -0.05) is 12.1 Å². The van der Waals surface area contributed by atoms with E-state index in [1.807, 2.05) is 18.2 Å². The van der Waals surface area contributed by atoms with Crippen LogP contribution in [-0.2, 0) is 16.1 Å².